The fourth-order valence-electron chi connectivity index (χ4n) is 7.40. The molecule has 10 aromatic rings. The van der Waals surface area contributed by atoms with Gasteiger partial charge in [0.1, 0.15) is 17.0 Å². The van der Waals surface area contributed by atoms with Crippen LogP contribution in [0.4, 0.5) is 0 Å². The first kappa shape index (κ1) is 20.7. The maximum Gasteiger partial charge on any atom is 0.136 e. The van der Waals surface area contributed by atoms with Gasteiger partial charge in [0.15, 0.2) is 0 Å². The highest BCUT2D eigenvalue weighted by atomic mass is 16.3. The summed E-state index contributed by atoms with van der Waals surface area (Å²) in [4.78, 5) is 4.54. The number of hydrogen-bond donors (Lipinski definition) is 0. The summed E-state index contributed by atoms with van der Waals surface area (Å²) >= 11 is 0. The third-order valence-corrected chi connectivity index (χ3v) is 9.44. The van der Waals surface area contributed by atoms with E-state index < -0.39 is 25.0 Å². The number of hydrogen-bond acceptors (Lipinski definition) is 2. The van der Waals surface area contributed by atoms with E-state index in [0.29, 0.717) is 22.3 Å². The van der Waals surface area contributed by atoms with Gasteiger partial charge < -0.3 is 4.42 Å². The SMILES string of the molecule is [2H]c1c([2H])c([2H])c(-c2ccc3c(-c4cccc(-n5c(C([2H])([2H])[2H])nc6ccccc65)c4)c4ccccc4c(-c4cccc5oc6ccccc6c45)c3c2)c([2H])c1[2H]. The van der Waals surface area contributed by atoms with Crippen molar-refractivity contribution in [2.24, 2.45) is 0 Å². The summed E-state index contributed by atoms with van der Waals surface area (Å²) in [7, 11) is 0. The molecule has 0 saturated heterocycles. The Balaban J connectivity index is 1.34. The average molecular weight is 635 g/mol. The summed E-state index contributed by atoms with van der Waals surface area (Å²) in [6.45, 7) is -2.48. The molecule has 0 radical (unpaired) electrons. The van der Waals surface area contributed by atoms with E-state index in [9.17, 15) is 0 Å². The zero-order chi connectivity index (χ0) is 39.3. The van der Waals surface area contributed by atoms with Crippen LogP contribution in [0.3, 0.4) is 0 Å². The number of aryl methyl sites for hydroxylation is 1. The summed E-state index contributed by atoms with van der Waals surface area (Å²) in [6, 6.07) is 41.1. The van der Waals surface area contributed by atoms with E-state index in [2.05, 4.69) is 23.2 Å². The number of imidazole rings is 1. The van der Waals surface area contributed by atoms with Crippen molar-refractivity contribution in [2.45, 2.75) is 6.85 Å². The van der Waals surface area contributed by atoms with Crippen LogP contribution >= 0.6 is 0 Å². The second kappa shape index (κ2) is 10.8. The zero-order valence-corrected chi connectivity index (χ0v) is 26.0. The number of fused-ring (bicyclic) bond motifs is 6. The van der Waals surface area contributed by atoms with Crippen molar-refractivity contribution < 1.29 is 15.4 Å². The summed E-state index contributed by atoms with van der Waals surface area (Å²) in [5, 5.41) is 5.42. The number of nitrogens with zero attached hydrogens (tertiary/aromatic N) is 2. The van der Waals surface area contributed by atoms with Gasteiger partial charge in [-0.05, 0) is 104 Å². The minimum Gasteiger partial charge on any atom is -0.456 e. The lowest BCUT2D eigenvalue weighted by Gasteiger charge is -2.20. The van der Waals surface area contributed by atoms with Crippen LogP contribution in [0.2, 0.25) is 0 Å². The van der Waals surface area contributed by atoms with Gasteiger partial charge in [0.25, 0.3) is 0 Å². The van der Waals surface area contributed by atoms with Crippen LogP contribution in [0.1, 0.15) is 16.8 Å². The predicted molar refractivity (Wildman–Crippen MR) is 204 cm³/mol. The smallest absolute Gasteiger partial charge is 0.136 e. The highest BCUT2D eigenvalue weighted by Crippen LogP contribution is 2.48. The van der Waals surface area contributed by atoms with Gasteiger partial charge in [-0.25, -0.2) is 4.98 Å². The lowest BCUT2D eigenvalue weighted by Crippen LogP contribution is -1.98. The van der Waals surface area contributed by atoms with E-state index in [-0.39, 0.29) is 23.5 Å². The van der Waals surface area contributed by atoms with Crippen molar-refractivity contribution in [3.05, 3.63) is 169 Å². The maximum absolute atomic E-state index is 8.86. The monoisotopic (exact) mass is 634 g/mol. The first-order valence-electron chi connectivity index (χ1n) is 20.1. The maximum atomic E-state index is 8.86. The molecule has 49 heavy (non-hydrogen) atoms. The van der Waals surface area contributed by atoms with Crippen LogP contribution < -0.4 is 0 Å². The Morgan fingerprint density at radius 3 is 2.18 bits per heavy atom. The molecule has 2 heterocycles. The van der Waals surface area contributed by atoms with E-state index in [1.54, 1.807) is 4.57 Å². The largest absolute Gasteiger partial charge is 0.456 e. The highest BCUT2D eigenvalue weighted by Gasteiger charge is 2.21. The second-order valence-electron chi connectivity index (χ2n) is 12.1. The van der Waals surface area contributed by atoms with E-state index >= 15 is 0 Å². The molecule has 10 rings (SSSR count). The van der Waals surface area contributed by atoms with E-state index in [4.69, 9.17) is 15.4 Å². The molecule has 230 valence electrons. The predicted octanol–water partition coefficient (Wildman–Crippen LogP) is 12.5. The Bertz CT molecular complexity index is 3280. The number of aromatic nitrogens is 2. The van der Waals surface area contributed by atoms with Gasteiger partial charge in [0, 0.05) is 20.6 Å². The van der Waals surface area contributed by atoms with Crippen LogP contribution in [0.15, 0.2) is 168 Å². The van der Waals surface area contributed by atoms with Crippen molar-refractivity contribution in [2.75, 3.05) is 0 Å². The first-order valence-corrected chi connectivity index (χ1v) is 16.1. The minimum absolute atomic E-state index is 0.0328. The Morgan fingerprint density at radius 1 is 0.571 bits per heavy atom. The van der Waals surface area contributed by atoms with Gasteiger partial charge in [-0.15, -0.1) is 0 Å². The molecule has 0 aliphatic carbocycles. The number of benzene rings is 8. The number of rotatable bonds is 4. The van der Waals surface area contributed by atoms with Crippen LogP contribution in [0.5, 0.6) is 0 Å². The van der Waals surface area contributed by atoms with Gasteiger partial charge in [0.2, 0.25) is 0 Å². The molecular formula is C46H30N2O. The summed E-state index contributed by atoms with van der Waals surface area (Å²) in [6.07, 6.45) is 0. The van der Waals surface area contributed by atoms with Gasteiger partial charge >= 0.3 is 0 Å². The molecule has 0 N–H and O–H groups in total. The molecular weight excluding hydrogens is 597 g/mol. The summed E-state index contributed by atoms with van der Waals surface area (Å²) in [5.74, 6) is -0.0328. The van der Waals surface area contributed by atoms with Crippen molar-refractivity contribution in [3.8, 4) is 39.1 Å². The molecule has 2 aromatic heterocycles. The normalized spacial score (nSPS) is 14.4. The third-order valence-electron chi connectivity index (χ3n) is 9.44. The number of furan rings is 1. The molecule has 3 nitrogen and oxygen atoms in total. The van der Waals surface area contributed by atoms with E-state index in [1.807, 2.05) is 115 Å². The van der Waals surface area contributed by atoms with E-state index in [1.165, 1.54) is 0 Å². The molecule has 8 aromatic carbocycles. The van der Waals surface area contributed by atoms with Crippen LogP contribution in [0, 0.1) is 6.85 Å². The van der Waals surface area contributed by atoms with Crippen molar-refractivity contribution in [3.63, 3.8) is 0 Å². The lowest BCUT2D eigenvalue weighted by atomic mass is 9.84. The molecule has 0 aliphatic heterocycles. The van der Waals surface area contributed by atoms with Gasteiger partial charge in [-0.3, -0.25) is 4.57 Å². The first-order chi connectivity index (χ1) is 27.5. The molecule has 3 heteroatoms. The average Bonchev–Trinajstić information content (AvgIpc) is 3.81. The Morgan fingerprint density at radius 2 is 1.31 bits per heavy atom. The van der Waals surface area contributed by atoms with Gasteiger partial charge in [0.05, 0.1) is 17.9 Å². The molecule has 0 bridgehead atoms. The van der Waals surface area contributed by atoms with Crippen molar-refractivity contribution in [1.29, 1.82) is 0 Å². The Kier molecular flexibility index (Phi) is 4.56. The second-order valence-corrected chi connectivity index (χ2v) is 12.1. The molecule has 0 fully saturated rings. The topological polar surface area (TPSA) is 31.0 Å². The molecule has 0 atom stereocenters. The standard InChI is InChI=1S/C46H30N2O/c1-29-47-40-21-8-9-22-41(40)48(29)33-16-11-15-32(27-33)44-34-17-5-6-18-35(34)45(39-28-31(25-26-36(39)44)30-13-3-2-4-14-30)38-20-12-24-43-46(38)37-19-7-10-23-42(37)49-43/h2-28H,1H3/i1D3,2D,3D,4D,13D,14D. The molecule has 0 aliphatic rings. The number of para-hydroxylation sites is 3. The van der Waals surface area contributed by atoms with Crippen molar-refractivity contribution >= 4 is 54.5 Å². The molecule has 0 amide bonds. The summed E-state index contributed by atoms with van der Waals surface area (Å²) < 4.78 is 76.0. The Labute approximate surface area is 294 Å². The van der Waals surface area contributed by atoms with Crippen molar-refractivity contribution in [1.82, 2.24) is 9.55 Å². The third kappa shape index (κ3) is 4.26. The zero-order valence-electron chi connectivity index (χ0n) is 34.0. The van der Waals surface area contributed by atoms with Gasteiger partial charge in [-0.2, -0.15) is 0 Å². The van der Waals surface area contributed by atoms with Crippen LogP contribution in [-0.2, 0) is 0 Å². The highest BCUT2D eigenvalue weighted by molar-refractivity contribution is 6.26. The van der Waals surface area contributed by atoms with E-state index in [0.717, 1.165) is 65.7 Å². The lowest BCUT2D eigenvalue weighted by molar-refractivity contribution is 0.669. The summed E-state index contributed by atoms with van der Waals surface area (Å²) in [5.41, 5.74) is 7.51. The van der Waals surface area contributed by atoms with Crippen LogP contribution in [0.25, 0.3) is 93.6 Å². The molecule has 0 spiro atoms. The molecule has 0 saturated carbocycles. The minimum atomic E-state index is -2.48. The van der Waals surface area contributed by atoms with Gasteiger partial charge in [-0.1, -0.05) is 121 Å². The quantitative estimate of drug-likeness (QED) is 0.180. The fourth-order valence-corrected chi connectivity index (χ4v) is 7.40. The molecule has 0 unspecified atom stereocenters. The Hall–Kier alpha value is -6.45. The fraction of sp³-hybridized carbons (Fsp3) is 0.0217. The van der Waals surface area contributed by atoms with Crippen LogP contribution in [-0.4, -0.2) is 9.55 Å².